The largest absolute Gasteiger partial charge is 0.350 e. The minimum absolute atomic E-state index is 0.0794. The highest BCUT2D eigenvalue weighted by molar-refractivity contribution is 6.46. The number of nitrogens with zero attached hydrogens (tertiary/aromatic N) is 2. The average molecular weight is 448 g/mol. The fourth-order valence-electron chi connectivity index (χ4n) is 3.53. The molecule has 1 aliphatic heterocycles. The van der Waals surface area contributed by atoms with Gasteiger partial charge in [0.05, 0.1) is 16.2 Å². The molecule has 0 radical (unpaired) electrons. The Morgan fingerprint density at radius 3 is 2.31 bits per heavy atom. The maximum atomic E-state index is 13.4. The first kappa shape index (κ1) is 21.3. The van der Waals surface area contributed by atoms with E-state index in [0.29, 0.717) is 22.0 Å². The number of rotatable bonds is 5. The number of nitrogens with one attached hydrogen (secondary N) is 1. The summed E-state index contributed by atoms with van der Waals surface area (Å²) in [5.41, 5.74) is 3.25. The summed E-state index contributed by atoms with van der Waals surface area (Å²) in [7, 11) is 0. The van der Waals surface area contributed by atoms with Crippen LogP contribution in [0.25, 0.3) is 5.57 Å². The van der Waals surface area contributed by atoms with E-state index in [1.807, 2.05) is 19.9 Å². The summed E-state index contributed by atoms with van der Waals surface area (Å²) < 4.78 is 0. The van der Waals surface area contributed by atoms with Crippen LogP contribution < -0.4 is 10.2 Å². The molecule has 7 nitrogen and oxygen atoms in total. The Labute approximate surface area is 189 Å². The van der Waals surface area contributed by atoms with Gasteiger partial charge in [-0.15, -0.1) is 0 Å². The molecule has 32 heavy (non-hydrogen) atoms. The number of benzene rings is 3. The van der Waals surface area contributed by atoms with Crippen LogP contribution in [0.5, 0.6) is 0 Å². The molecule has 3 aromatic rings. The van der Waals surface area contributed by atoms with Gasteiger partial charge < -0.3 is 5.32 Å². The number of nitro groups is 1. The highest BCUT2D eigenvalue weighted by Gasteiger charge is 2.40. The van der Waals surface area contributed by atoms with Crippen molar-refractivity contribution in [3.63, 3.8) is 0 Å². The molecular formula is C24H18ClN3O4. The zero-order chi connectivity index (χ0) is 23.0. The van der Waals surface area contributed by atoms with Gasteiger partial charge >= 0.3 is 0 Å². The van der Waals surface area contributed by atoms with Crippen molar-refractivity contribution in [2.75, 3.05) is 10.2 Å². The number of nitro benzene ring substituents is 1. The Hall–Kier alpha value is -3.97. The lowest BCUT2D eigenvalue weighted by atomic mass is 10.0. The van der Waals surface area contributed by atoms with Gasteiger partial charge in [0.15, 0.2) is 0 Å². The van der Waals surface area contributed by atoms with Gasteiger partial charge in [-0.1, -0.05) is 29.8 Å². The van der Waals surface area contributed by atoms with Crippen LogP contribution in [-0.2, 0) is 9.59 Å². The highest BCUT2D eigenvalue weighted by Crippen LogP contribution is 2.35. The molecule has 0 spiro atoms. The molecule has 4 rings (SSSR count). The van der Waals surface area contributed by atoms with E-state index in [1.165, 1.54) is 24.3 Å². The van der Waals surface area contributed by atoms with Gasteiger partial charge in [0, 0.05) is 22.8 Å². The Kier molecular flexibility index (Phi) is 5.50. The molecule has 8 heteroatoms. The molecular weight excluding hydrogens is 430 g/mol. The number of amides is 2. The van der Waals surface area contributed by atoms with Gasteiger partial charge in [0.2, 0.25) is 0 Å². The Morgan fingerprint density at radius 1 is 0.938 bits per heavy atom. The second kappa shape index (κ2) is 8.28. The zero-order valence-electron chi connectivity index (χ0n) is 17.3. The summed E-state index contributed by atoms with van der Waals surface area (Å²) in [5.74, 6) is -1.04. The van der Waals surface area contributed by atoms with Crippen molar-refractivity contribution in [1.29, 1.82) is 0 Å². The minimum Gasteiger partial charge on any atom is -0.350 e. The van der Waals surface area contributed by atoms with E-state index in [1.54, 1.807) is 36.4 Å². The maximum Gasteiger partial charge on any atom is 0.282 e. The van der Waals surface area contributed by atoms with Crippen LogP contribution in [0.2, 0.25) is 5.02 Å². The number of hydrogen-bond acceptors (Lipinski definition) is 5. The first-order valence-corrected chi connectivity index (χ1v) is 10.1. The maximum absolute atomic E-state index is 13.4. The van der Waals surface area contributed by atoms with Crippen molar-refractivity contribution >= 4 is 46.1 Å². The van der Waals surface area contributed by atoms with Crippen LogP contribution in [0.3, 0.4) is 0 Å². The highest BCUT2D eigenvalue weighted by atomic mass is 35.5. The number of non-ortho nitro benzene ring substituents is 1. The molecule has 160 valence electrons. The van der Waals surface area contributed by atoms with Gasteiger partial charge in [-0.2, -0.15) is 0 Å². The smallest absolute Gasteiger partial charge is 0.282 e. The summed E-state index contributed by atoms with van der Waals surface area (Å²) >= 11 is 6.13. The molecule has 0 atom stereocenters. The number of carbonyl (C=O) groups excluding carboxylic acids is 2. The third-order valence-corrected chi connectivity index (χ3v) is 5.40. The van der Waals surface area contributed by atoms with Crippen molar-refractivity contribution < 1.29 is 14.5 Å². The van der Waals surface area contributed by atoms with Crippen molar-refractivity contribution in [1.82, 2.24) is 0 Å². The first-order chi connectivity index (χ1) is 15.3. The summed E-state index contributed by atoms with van der Waals surface area (Å²) in [6.45, 7) is 3.72. The van der Waals surface area contributed by atoms with E-state index in [0.717, 1.165) is 16.0 Å². The molecule has 0 bridgehead atoms. The second-order valence-corrected chi connectivity index (χ2v) is 7.86. The van der Waals surface area contributed by atoms with E-state index < -0.39 is 16.7 Å². The Balaban J connectivity index is 1.85. The summed E-state index contributed by atoms with van der Waals surface area (Å²) in [6, 6.07) is 17.8. The lowest BCUT2D eigenvalue weighted by molar-refractivity contribution is -0.384. The monoisotopic (exact) mass is 447 g/mol. The van der Waals surface area contributed by atoms with E-state index in [9.17, 15) is 19.7 Å². The number of aryl methyl sites for hydroxylation is 2. The molecule has 1 heterocycles. The number of anilines is 2. The molecule has 2 amide bonds. The summed E-state index contributed by atoms with van der Waals surface area (Å²) in [6.07, 6.45) is 0. The molecule has 3 aromatic carbocycles. The van der Waals surface area contributed by atoms with Gasteiger partial charge in [0.25, 0.3) is 17.5 Å². The fraction of sp³-hybridized carbons (Fsp3) is 0.0833. The van der Waals surface area contributed by atoms with Crippen molar-refractivity contribution in [2.45, 2.75) is 13.8 Å². The van der Waals surface area contributed by atoms with Crippen LogP contribution in [0, 0.1) is 24.0 Å². The molecule has 0 unspecified atom stereocenters. The van der Waals surface area contributed by atoms with E-state index in [2.05, 4.69) is 5.32 Å². The van der Waals surface area contributed by atoms with Crippen LogP contribution in [0.4, 0.5) is 17.1 Å². The van der Waals surface area contributed by atoms with E-state index in [-0.39, 0.29) is 17.0 Å². The number of halogens is 1. The van der Waals surface area contributed by atoms with Crippen LogP contribution in [0.1, 0.15) is 16.7 Å². The molecule has 1 aliphatic rings. The second-order valence-electron chi connectivity index (χ2n) is 7.42. The molecule has 0 aliphatic carbocycles. The first-order valence-electron chi connectivity index (χ1n) is 9.74. The summed E-state index contributed by atoms with van der Waals surface area (Å²) in [4.78, 5) is 38.5. The summed E-state index contributed by atoms with van der Waals surface area (Å²) in [5, 5.41) is 14.6. The lowest BCUT2D eigenvalue weighted by Gasteiger charge is -2.16. The van der Waals surface area contributed by atoms with Crippen molar-refractivity contribution in [2.24, 2.45) is 0 Å². The predicted octanol–water partition coefficient (Wildman–Crippen LogP) is 5.26. The number of imide groups is 1. The third-order valence-electron chi connectivity index (χ3n) is 5.17. The van der Waals surface area contributed by atoms with E-state index >= 15 is 0 Å². The topological polar surface area (TPSA) is 92.6 Å². The van der Waals surface area contributed by atoms with Gasteiger partial charge in [-0.05, 0) is 66.9 Å². The van der Waals surface area contributed by atoms with E-state index in [4.69, 9.17) is 11.6 Å². The van der Waals surface area contributed by atoms with Crippen molar-refractivity contribution in [3.8, 4) is 0 Å². The average Bonchev–Trinajstić information content (AvgIpc) is 3.00. The Bertz CT molecular complexity index is 1300. The normalized spacial score (nSPS) is 13.7. The molecule has 0 saturated heterocycles. The standard InChI is InChI=1S/C24H18ClN3O4/c1-14-4-3-5-19(12-14)27-23(29)21(16-7-10-18(11-8-16)28(31)32)22(24(27)30)26-20-13-17(25)9-6-15(20)2/h3-13,26H,1-2H3. The molecule has 0 aromatic heterocycles. The predicted molar refractivity (Wildman–Crippen MR) is 124 cm³/mol. The lowest BCUT2D eigenvalue weighted by Crippen LogP contribution is -2.32. The minimum atomic E-state index is -0.521. The van der Waals surface area contributed by atoms with Gasteiger partial charge in [-0.3, -0.25) is 19.7 Å². The van der Waals surface area contributed by atoms with Gasteiger partial charge in [0.1, 0.15) is 5.70 Å². The number of hydrogen-bond donors (Lipinski definition) is 1. The third kappa shape index (κ3) is 3.86. The van der Waals surface area contributed by atoms with Crippen LogP contribution in [0.15, 0.2) is 72.4 Å². The fourth-order valence-corrected chi connectivity index (χ4v) is 3.70. The molecule has 1 N–H and O–H groups in total. The molecule has 0 fully saturated rings. The van der Waals surface area contributed by atoms with Crippen LogP contribution in [-0.4, -0.2) is 16.7 Å². The zero-order valence-corrected chi connectivity index (χ0v) is 18.0. The van der Waals surface area contributed by atoms with Crippen molar-refractivity contribution in [3.05, 3.63) is 104 Å². The number of carbonyl (C=O) groups is 2. The SMILES string of the molecule is Cc1cccc(N2C(=O)C(Nc3cc(Cl)ccc3C)=C(c3ccc([N+](=O)[O-])cc3)C2=O)c1. The molecule has 0 saturated carbocycles. The quantitative estimate of drug-likeness (QED) is 0.327. The van der Waals surface area contributed by atoms with Gasteiger partial charge in [-0.25, -0.2) is 4.90 Å². The van der Waals surface area contributed by atoms with Crippen LogP contribution >= 0.6 is 11.6 Å². The Morgan fingerprint density at radius 2 is 1.66 bits per heavy atom.